The van der Waals surface area contributed by atoms with Crippen LogP contribution in [0.25, 0.3) is 5.69 Å². The Bertz CT molecular complexity index is 1100. The summed E-state index contributed by atoms with van der Waals surface area (Å²) in [5.74, 6) is 1.02. The van der Waals surface area contributed by atoms with Crippen LogP contribution >= 0.6 is 11.6 Å². The molecule has 0 bridgehead atoms. The van der Waals surface area contributed by atoms with Crippen molar-refractivity contribution in [3.63, 3.8) is 0 Å². The molecule has 2 N–H and O–H groups in total. The first kappa shape index (κ1) is 21.0. The minimum absolute atomic E-state index is 0.0705. The highest BCUT2D eigenvalue weighted by Crippen LogP contribution is 2.36. The number of phenolic OH excluding ortho intramolecular Hbond substituents is 1. The van der Waals surface area contributed by atoms with Crippen molar-refractivity contribution < 1.29 is 19.3 Å². The second-order valence-corrected chi connectivity index (χ2v) is 6.31. The van der Waals surface area contributed by atoms with Crippen molar-refractivity contribution in [2.24, 2.45) is 5.10 Å². The molecule has 0 fully saturated rings. The summed E-state index contributed by atoms with van der Waals surface area (Å²) in [4.78, 5) is 12.6. The summed E-state index contributed by atoms with van der Waals surface area (Å²) >= 11 is 6.20. The summed E-state index contributed by atoms with van der Waals surface area (Å²) in [5.41, 5.74) is 3.55. The summed E-state index contributed by atoms with van der Waals surface area (Å²) in [6.45, 7) is 0. The molecule has 0 spiro atoms. The van der Waals surface area contributed by atoms with Crippen molar-refractivity contribution in [3.8, 4) is 28.7 Å². The molecule has 0 saturated carbocycles. The zero-order chi connectivity index (χ0) is 21.7. The van der Waals surface area contributed by atoms with Crippen molar-refractivity contribution in [1.29, 1.82) is 0 Å². The molecule has 0 aliphatic heterocycles. The Morgan fingerprint density at radius 3 is 2.30 bits per heavy atom. The van der Waals surface area contributed by atoms with Crippen molar-refractivity contribution >= 4 is 23.5 Å². The van der Waals surface area contributed by atoms with E-state index in [0.29, 0.717) is 17.0 Å². The molecule has 3 rings (SSSR count). The van der Waals surface area contributed by atoms with Gasteiger partial charge in [0.05, 0.1) is 39.4 Å². The average Bonchev–Trinajstić information content (AvgIpc) is 2.77. The summed E-state index contributed by atoms with van der Waals surface area (Å²) in [6.07, 6.45) is 2.85. The topological polar surface area (TPSA) is 107 Å². The largest absolute Gasteiger partial charge is 0.502 e. The second kappa shape index (κ2) is 9.19. The number of nitrogens with zero attached hydrogens (tertiary/aromatic N) is 3. The van der Waals surface area contributed by atoms with Crippen molar-refractivity contribution in [3.05, 3.63) is 63.5 Å². The lowest BCUT2D eigenvalue weighted by Gasteiger charge is -2.10. The van der Waals surface area contributed by atoms with E-state index in [4.69, 9.17) is 25.8 Å². The Hall–Kier alpha value is -3.72. The number of ether oxygens (including phenoxy) is 3. The average molecular weight is 431 g/mol. The van der Waals surface area contributed by atoms with Crippen molar-refractivity contribution in [2.45, 2.75) is 0 Å². The number of methoxy groups -OCH3 is 3. The summed E-state index contributed by atoms with van der Waals surface area (Å²) in [6, 6.07) is 9.97. The van der Waals surface area contributed by atoms with E-state index in [1.54, 1.807) is 43.5 Å². The fourth-order valence-electron chi connectivity index (χ4n) is 2.58. The number of rotatable bonds is 7. The van der Waals surface area contributed by atoms with Crippen LogP contribution in [-0.2, 0) is 0 Å². The molecular weight excluding hydrogens is 412 g/mol. The molecule has 156 valence electrons. The number of anilines is 1. The summed E-state index contributed by atoms with van der Waals surface area (Å²) in [5, 5.41) is 18.1. The molecule has 0 aliphatic rings. The molecule has 10 heteroatoms. The molecule has 1 aromatic heterocycles. The zero-order valence-corrected chi connectivity index (χ0v) is 17.2. The van der Waals surface area contributed by atoms with Gasteiger partial charge in [-0.3, -0.25) is 10.2 Å². The Balaban J connectivity index is 1.82. The first-order valence-electron chi connectivity index (χ1n) is 8.64. The first-order chi connectivity index (χ1) is 14.5. The third-order valence-electron chi connectivity index (χ3n) is 4.14. The van der Waals surface area contributed by atoms with Gasteiger partial charge in [-0.15, -0.1) is 0 Å². The molecule has 9 nitrogen and oxygen atoms in total. The maximum atomic E-state index is 12.6. The fraction of sp³-hybridized carbons (Fsp3) is 0.150. The fourth-order valence-corrected chi connectivity index (χ4v) is 2.75. The first-order valence-corrected chi connectivity index (χ1v) is 9.02. The van der Waals surface area contributed by atoms with Crippen LogP contribution in [0.15, 0.2) is 52.5 Å². The van der Waals surface area contributed by atoms with Crippen LogP contribution in [0.3, 0.4) is 0 Å². The van der Waals surface area contributed by atoms with Gasteiger partial charge < -0.3 is 19.3 Å². The monoisotopic (exact) mass is 430 g/mol. The third kappa shape index (κ3) is 4.31. The van der Waals surface area contributed by atoms with Gasteiger partial charge in [-0.25, -0.2) is 0 Å². The molecule has 1 heterocycles. The highest BCUT2D eigenvalue weighted by Gasteiger charge is 2.12. The number of hydrogen-bond acceptors (Lipinski definition) is 8. The number of benzene rings is 2. The van der Waals surface area contributed by atoms with E-state index < -0.39 is 5.56 Å². The SMILES string of the molecule is COc1ccc(-n2ncc(N/N=C\c3cc(OC)c(O)c(OC)c3)c(Cl)c2=O)cc1. The van der Waals surface area contributed by atoms with E-state index in [-0.39, 0.29) is 28.0 Å². The van der Waals surface area contributed by atoms with Crippen LogP contribution in [0.4, 0.5) is 5.69 Å². The number of hydrazone groups is 1. The second-order valence-electron chi connectivity index (χ2n) is 5.93. The van der Waals surface area contributed by atoms with E-state index in [9.17, 15) is 9.90 Å². The lowest BCUT2D eigenvalue weighted by atomic mass is 10.2. The molecule has 30 heavy (non-hydrogen) atoms. The molecule has 0 atom stereocenters. The van der Waals surface area contributed by atoms with Crippen molar-refractivity contribution in [2.75, 3.05) is 26.8 Å². The summed E-state index contributed by atoms with van der Waals surface area (Å²) < 4.78 is 16.5. The van der Waals surface area contributed by atoms with Gasteiger partial charge in [0.25, 0.3) is 5.56 Å². The van der Waals surface area contributed by atoms with Crippen LogP contribution in [0.1, 0.15) is 5.56 Å². The van der Waals surface area contributed by atoms with Gasteiger partial charge in [0.2, 0.25) is 5.75 Å². The molecule has 0 radical (unpaired) electrons. The highest BCUT2D eigenvalue weighted by atomic mass is 35.5. The van der Waals surface area contributed by atoms with Gasteiger partial charge in [0, 0.05) is 5.56 Å². The molecular formula is C20H19ClN4O5. The minimum atomic E-state index is -0.505. The van der Waals surface area contributed by atoms with E-state index >= 15 is 0 Å². The van der Waals surface area contributed by atoms with Gasteiger partial charge in [-0.05, 0) is 36.4 Å². The quantitative estimate of drug-likeness (QED) is 0.438. The van der Waals surface area contributed by atoms with Crippen LogP contribution in [-0.4, -0.2) is 42.4 Å². The maximum Gasteiger partial charge on any atom is 0.292 e. The Morgan fingerprint density at radius 1 is 1.10 bits per heavy atom. The lowest BCUT2D eigenvalue weighted by Crippen LogP contribution is -2.22. The predicted octanol–water partition coefficient (Wildman–Crippen LogP) is 3.06. The van der Waals surface area contributed by atoms with E-state index in [0.717, 1.165) is 0 Å². The van der Waals surface area contributed by atoms with E-state index in [2.05, 4.69) is 15.6 Å². The molecule has 0 unspecified atom stereocenters. The lowest BCUT2D eigenvalue weighted by molar-refractivity contribution is 0.340. The molecule has 0 aliphatic carbocycles. The Labute approximate surface area is 177 Å². The number of aromatic nitrogens is 2. The third-order valence-corrected chi connectivity index (χ3v) is 4.50. The molecule has 3 aromatic rings. The smallest absolute Gasteiger partial charge is 0.292 e. The Kier molecular flexibility index (Phi) is 6.43. The van der Waals surface area contributed by atoms with Gasteiger partial charge in [-0.1, -0.05) is 11.6 Å². The van der Waals surface area contributed by atoms with Crippen LogP contribution in [0.5, 0.6) is 23.0 Å². The van der Waals surface area contributed by atoms with E-state index in [1.165, 1.54) is 31.3 Å². The maximum absolute atomic E-state index is 12.6. The molecule has 0 amide bonds. The standard InChI is InChI=1S/C20H19ClN4O5/c1-28-14-6-4-13(5-7-14)25-20(27)18(21)15(11-23-25)24-22-10-12-8-16(29-2)19(26)17(9-12)30-3/h4-11,24,26H,1-3H3/b22-10-. The number of phenols is 1. The number of halogens is 1. The predicted molar refractivity (Wildman–Crippen MR) is 114 cm³/mol. The van der Waals surface area contributed by atoms with Gasteiger partial charge in [0.1, 0.15) is 16.5 Å². The zero-order valence-electron chi connectivity index (χ0n) is 16.4. The number of aromatic hydroxyl groups is 1. The van der Waals surface area contributed by atoms with Crippen molar-refractivity contribution in [1.82, 2.24) is 9.78 Å². The number of hydrogen-bond donors (Lipinski definition) is 2. The highest BCUT2D eigenvalue weighted by molar-refractivity contribution is 6.32. The summed E-state index contributed by atoms with van der Waals surface area (Å²) in [7, 11) is 4.41. The molecule has 2 aromatic carbocycles. The Morgan fingerprint density at radius 2 is 1.73 bits per heavy atom. The van der Waals surface area contributed by atoms with Gasteiger partial charge in [0.15, 0.2) is 11.5 Å². The van der Waals surface area contributed by atoms with Crippen LogP contribution in [0.2, 0.25) is 5.02 Å². The molecule has 0 saturated heterocycles. The van der Waals surface area contributed by atoms with Crippen LogP contribution < -0.4 is 25.2 Å². The van der Waals surface area contributed by atoms with Gasteiger partial charge >= 0.3 is 0 Å². The van der Waals surface area contributed by atoms with E-state index in [1.807, 2.05) is 0 Å². The number of nitrogens with one attached hydrogen (secondary N) is 1. The van der Waals surface area contributed by atoms with Gasteiger partial charge in [-0.2, -0.15) is 14.9 Å². The normalized spacial score (nSPS) is 10.8. The minimum Gasteiger partial charge on any atom is -0.502 e. The van der Waals surface area contributed by atoms with Crippen LogP contribution in [0, 0.1) is 0 Å².